The Morgan fingerprint density at radius 3 is 2.79 bits per heavy atom. The molecule has 0 unspecified atom stereocenters. The molecule has 1 aromatic heterocycles. The molecular formula is C10H15N3O. The summed E-state index contributed by atoms with van der Waals surface area (Å²) >= 11 is 0. The molecule has 4 nitrogen and oxygen atoms in total. The molecule has 1 heterocycles. The Labute approximate surface area is 83.5 Å². The monoisotopic (exact) mass is 193 g/mol. The van der Waals surface area contributed by atoms with E-state index in [4.69, 9.17) is 0 Å². The van der Waals surface area contributed by atoms with E-state index in [0.29, 0.717) is 6.04 Å². The van der Waals surface area contributed by atoms with Gasteiger partial charge in [-0.15, -0.1) is 0 Å². The minimum atomic E-state index is 0.0226. The zero-order valence-electron chi connectivity index (χ0n) is 8.39. The third kappa shape index (κ3) is 1.64. The summed E-state index contributed by atoms with van der Waals surface area (Å²) in [4.78, 5) is 17.5. The van der Waals surface area contributed by atoms with Crippen LogP contribution in [0.5, 0.6) is 0 Å². The van der Waals surface area contributed by atoms with Crippen LogP contribution in [0.1, 0.15) is 25.7 Å². The van der Waals surface area contributed by atoms with Crippen molar-refractivity contribution in [3.8, 4) is 0 Å². The number of hydrogen-bond acceptors (Lipinski definition) is 2. The average molecular weight is 193 g/mol. The lowest BCUT2D eigenvalue weighted by Crippen LogP contribution is -2.37. The fourth-order valence-electron chi connectivity index (χ4n) is 2.00. The van der Waals surface area contributed by atoms with Crippen molar-refractivity contribution >= 4 is 6.03 Å². The van der Waals surface area contributed by atoms with Crippen molar-refractivity contribution in [1.82, 2.24) is 14.5 Å². The van der Waals surface area contributed by atoms with Gasteiger partial charge in [-0.05, 0) is 12.8 Å². The van der Waals surface area contributed by atoms with Gasteiger partial charge in [-0.1, -0.05) is 12.8 Å². The summed E-state index contributed by atoms with van der Waals surface area (Å²) in [6.07, 6.45) is 9.62. The molecular weight excluding hydrogens is 178 g/mol. The first-order valence-corrected chi connectivity index (χ1v) is 5.04. The van der Waals surface area contributed by atoms with E-state index in [9.17, 15) is 4.79 Å². The molecule has 1 saturated carbocycles. The van der Waals surface area contributed by atoms with Crippen LogP contribution in [-0.4, -0.2) is 33.6 Å². The summed E-state index contributed by atoms with van der Waals surface area (Å²) in [6.45, 7) is 0. The maximum Gasteiger partial charge on any atom is 0.329 e. The molecule has 0 saturated heterocycles. The van der Waals surface area contributed by atoms with E-state index in [1.54, 1.807) is 18.7 Å². The first-order valence-electron chi connectivity index (χ1n) is 5.04. The van der Waals surface area contributed by atoms with Crippen molar-refractivity contribution < 1.29 is 4.79 Å². The molecule has 0 atom stereocenters. The zero-order chi connectivity index (χ0) is 9.97. The molecule has 0 spiro atoms. The number of aromatic nitrogens is 2. The lowest BCUT2D eigenvalue weighted by molar-refractivity contribution is 0.192. The molecule has 1 aliphatic rings. The van der Waals surface area contributed by atoms with E-state index in [1.165, 1.54) is 17.4 Å². The molecule has 1 aliphatic carbocycles. The van der Waals surface area contributed by atoms with Gasteiger partial charge in [0.2, 0.25) is 0 Å². The van der Waals surface area contributed by atoms with Gasteiger partial charge in [0.05, 0.1) is 0 Å². The molecule has 1 amide bonds. The van der Waals surface area contributed by atoms with E-state index >= 15 is 0 Å². The number of carbonyl (C=O) groups is 1. The van der Waals surface area contributed by atoms with Crippen LogP contribution in [0.2, 0.25) is 0 Å². The lowest BCUT2D eigenvalue weighted by Gasteiger charge is -2.23. The van der Waals surface area contributed by atoms with E-state index in [-0.39, 0.29) is 6.03 Å². The Morgan fingerprint density at radius 1 is 1.50 bits per heavy atom. The number of nitrogens with zero attached hydrogens (tertiary/aromatic N) is 3. The van der Waals surface area contributed by atoms with Gasteiger partial charge in [0, 0.05) is 25.5 Å². The predicted molar refractivity (Wildman–Crippen MR) is 53.0 cm³/mol. The second kappa shape index (κ2) is 3.82. The third-order valence-electron chi connectivity index (χ3n) is 2.90. The highest BCUT2D eigenvalue weighted by Gasteiger charge is 2.23. The minimum absolute atomic E-state index is 0.0226. The highest BCUT2D eigenvalue weighted by atomic mass is 16.2. The molecule has 0 aromatic carbocycles. The maximum absolute atomic E-state index is 11.8. The van der Waals surface area contributed by atoms with Crippen LogP contribution in [0.15, 0.2) is 18.7 Å². The van der Waals surface area contributed by atoms with Gasteiger partial charge < -0.3 is 4.90 Å². The molecule has 4 heteroatoms. The van der Waals surface area contributed by atoms with Crippen LogP contribution in [0.25, 0.3) is 0 Å². The first kappa shape index (κ1) is 9.24. The highest BCUT2D eigenvalue weighted by Crippen LogP contribution is 2.22. The number of imidazole rings is 1. The van der Waals surface area contributed by atoms with Crippen molar-refractivity contribution in [3.05, 3.63) is 18.7 Å². The second-order valence-corrected chi connectivity index (χ2v) is 3.80. The van der Waals surface area contributed by atoms with Crippen molar-refractivity contribution in [2.75, 3.05) is 7.05 Å². The van der Waals surface area contributed by atoms with Gasteiger partial charge in [0.1, 0.15) is 6.33 Å². The Kier molecular flexibility index (Phi) is 2.52. The summed E-state index contributed by atoms with van der Waals surface area (Å²) in [5.41, 5.74) is 0. The molecule has 14 heavy (non-hydrogen) atoms. The molecule has 1 aromatic rings. The lowest BCUT2D eigenvalue weighted by atomic mass is 10.2. The third-order valence-corrected chi connectivity index (χ3v) is 2.90. The smallest absolute Gasteiger partial charge is 0.324 e. The van der Waals surface area contributed by atoms with Crippen LogP contribution in [0, 0.1) is 0 Å². The largest absolute Gasteiger partial charge is 0.329 e. The number of hydrogen-bond donors (Lipinski definition) is 0. The Hall–Kier alpha value is -1.32. The Morgan fingerprint density at radius 2 is 2.21 bits per heavy atom. The molecule has 0 bridgehead atoms. The van der Waals surface area contributed by atoms with Crippen molar-refractivity contribution in [2.24, 2.45) is 0 Å². The fourth-order valence-corrected chi connectivity index (χ4v) is 2.00. The van der Waals surface area contributed by atoms with Crippen molar-refractivity contribution in [2.45, 2.75) is 31.7 Å². The van der Waals surface area contributed by atoms with E-state index in [2.05, 4.69) is 4.98 Å². The van der Waals surface area contributed by atoms with E-state index in [0.717, 1.165) is 12.8 Å². The van der Waals surface area contributed by atoms with Gasteiger partial charge in [-0.2, -0.15) is 0 Å². The van der Waals surface area contributed by atoms with Crippen molar-refractivity contribution in [3.63, 3.8) is 0 Å². The predicted octanol–water partition coefficient (Wildman–Crippen LogP) is 1.73. The summed E-state index contributed by atoms with van der Waals surface area (Å²) in [7, 11) is 1.87. The van der Waals surface area contributed by atoms with E-state index in [1.807, 2.05) is 11.9 Å². The van der Waals surface area contributed by atoms with Crippen LogP contribution < -0.4 is 0 Å². The minimum Gasteiger partial charge on any atom is -0.324 e. The topological polar surface area (TPSA) is 38.1 Å². The fraction of sp³-hybridized carbons (Fsp3) is 0.600. The quantitative estimate of drug-likeness (QED) is 0.681. The summed E-state index contributed by atoms with van der Waals surface area (Å²) in [5.74, 6) is 0. The van der Waals surface area contributed by atoms with Crippen LogP contribution in [0.3, 0.4) is 0 Å². The molecule has 0 aliphatic heterocycles. The number of carbonyl (C=O) groups excluding carboxylic acids is 1. The Bertz CT molecular complexity index is 301. The molecule has 76 valence electrons. The molecule has 1 fully saturated rings. The summed E-state index contributed by atoms with van der Waals surface area (Å²) in [6, 6.07) is 0.444. The van der Waals surface area contributed by atoms with Crippen LogP contribution >= 0.6 is 0 Å². The van der Waals surface area contributed by atoms with Gasteiger partial charge in [-0.25, -0.2) is 9.78 Å². The molecule has 0 N–H and O–H groups in total. The standard InChI is InChI=1S/C10H15N3O/c1-12(9-4-2-3-5-9)10(14)13-7-6-11-8-13/h6-9H,2-5H2,1H3. The van der Waals surface area contributed by atoms with Crippen LogP contribution in [-0.2, 0) is 0 Å². The summed E-state index contributed by atoms with van der Waals surface area (Å²) in [5, 5.41) is 0. The SMILES string of the molecule is CN(C(=O)n1ccnc1)C1CCCC1. The second-order valence-electron chi connectivity index (χ2n) is 3.80. The molecule has 0 radical (unpaired) electrons. The Balaban J connectivity index is 2.04. The van der Waals surface area contributed by atoms with E-state index < -0.39 is 0 Å². The summed E-state index contributed by atoms with van der Waals surface area (Å²) < 4.78 is 1.53. The van der Waals surface area contributed by atoms with Gasteiger partial charge >= 0.3 is 6.03 Å². The zero-order valence-corrected chi connectivity index (χ0v) is 8.39. The normalized spacial score (nSPS) is 17.2. The average Bonchev–Trinajstić information content (AvgIpc) is 2.87. The highest BCUT2D eigenvalue weighted by molar-refractivity contribution is 5.76. The molecule has 2 rings (SSSR count). The number of rotatable bonds is 1. The van der Waals surface area contributed by atoms with Crippen molar-refractivity contribution in [1.29, 1.82) is 0 Å². The van der Waals surface area contributed by atoms with Crippen LogP contribution in [0.4, 0.5) is 4.79 Å². The van der Waals surface area contributed by atoms with Gasteiger partial charge in [-0.3, -0.25) is 4.57 Å². The van der Waals surface area contributed by atoms with Gasteiger partial charge in [0.25, 0.3) is 0 Å². The maximum atomic E-state index is 11.8. The number of amides is 1. The van der Waals surface area contributed by atoms with Gasteiger partial charge in [0.15, 0.2) is 0 Å². The first-order chi connectivity index (χ1) is 6.79.